The summed E-state index contributed by atoms with van der Waals surface area (Å²) < 4.78 is 12.5. The van der Waals surface area contributed by atoms with E-state index < -0.39 is 0 Å². The number of hydrogen-bond donors (Lipinski definition) is 1. The van der Waals surface area contributed by atoms with Crippen LogP contribution in [-0.4, -0.2) is 26.3 Å². The van der Waals surface area contributed by atoms with E-state index in [2.05, 4.69) is 69.5 Å². The second kappa shape index (κ2) is 8.19. The lowest BCUT2D eigenvalue weighted by Crippen LogP contribution is -2.36. The van der Waals surface area contributed by atoms with Gasteiger partial charge in [0.05, 0.1) is 19.8 Å². The van der Waals surface area contributed by atoms with Gasteiger partial charge in [0.15, 0.2) is 0 Å². The third kappa shape index (κ3) is 4.37. The Morgan fingerprint density at radius 3 is 2.52 bits per heavy atom. The zero-order valence-corrected chi connectivity index (χ0v) is 17.0. The number of rotatable bonds is 5. The smallest absolute Gasteiger partial charge is 0.134 e. The van der Waals surface area contributed by atoms with Crippen LogP contribution >= 0.6 is 15.9 Å². The number of nitrogens with one attached hydrogen (secondary N) is 1. The van der Waals surface area contributed by atoms with Gasteiger partial charge in [-0.1, -0.05) is 15.9 Å². The summed E-state index contributed by atoms with van der Waals surface area (Å²) in [5, 5.41) is 3.44. The Labute approximate surface area is 168 Å². The number of anilines is 2. The van der Waals surface area contributed by atoms with Gasteiger partial charge in [-0.25, -0.2) is 0 Å². The molecule has 140 valence electrons. The fraction of sp³-hybridized carbons (Fsp3) is 0.273. The van der Waals surface area contributed by atoms with Crippen molar-refractivity contribution in [1.82, 2.24) is 0 Å². The molecular formula is C22H23BrN2O2. The highest BCUT2D eigenvalue weighted by molar-refractivity contribution is 9.10. The maximum absolute atomic E-state index is 6.03. The molecule has 2 aromatic carbocycles. The van der Waals surface area contributed by atoms with Crippen LogP contribution in [-0.2, 0) is 11.3 Å². The van der Waals surface area contributed by atoms with Crippen molar-refractivity contribution in [2.75, 3.05) is 36.5 Å². The van der Waals surface area contributed by atoms with Crippen LogP contribution in [0.5, 0.6) is 0 Å². The molecule has 0 unspecified atom stereocenters. The number of ether oxygens (including phenoxy) is 1. The Bertz CT molecular complexity index is 899. The minimum Gasteiger partial charge on any atom is -0.459 e. The Balaban J connectivity index is 1.38. The maximum atomic E-state index is 6.03. The predicted molar refractivity (Wildman–Crippen MR) is 113 cm³/mol. The molecule has 0 saturated carbocycles. The highest BCUT2D eigenvalue weighted by atomic mass is 79.9. The molecule has 1 N–H and O–H groups in total. The van der Waals surface area contributed by atoms with E-state index in [1.54, 1.807) is 0 Å². The minimum absolute atomic E-state index is 0.659. The molecule has 5 heteroatoms. The molecule has 4 nitrogen and oxygen atoms in total. The number of hydrogen-bond acceptors (Lipinski definition) is 4. The molecule has 4 rings (SSSR count). The summed E-state index contributed by atoms with van der Waals surface area (Å²) in [6.07, 6.45) is 0. The summed E-state index contributed by atoms with van der Waals surface area (Å²) in [4.78, 5) is 2.35. The van der Waals surface area contributed by atoms with Gasteiger partial charge in [0.1, 0.15) is 11.5 Å². The minimum atomic E-state index is 0.659. The lowest BCUT2D eigenvalue weighted by molar-refractivity contribution is 0.122. The molecule has 0 spiro atoms. The molecule has 1 saturated heterocycles. The van der Waals surface area contributed by atoms with Crippen molar-refractivity contribution < 1.29 is 9.15 Å². The Morgan fingerprint density at radius 2 is 1.78 bits per heavy atom. The molecule has 0 radical (unpaired) electrons. The van der Waals surface area contributed by atoms with Gasteiger partial charge in [0.2, 0.25) is 0 Å². The molecule has 0 aliphatic carbocycles. The fourth-order valence-corrected chi connectivity index (χ4v) is 3.80. The number of aryl methyl sites for hydroxylation is 1. The standard InChI is InChI=1S/C22H23BrN2O2/c1-16-14-17(23)2-8-21(16)22-9-7-20(27-22)15-24-18-3-5-19(6-4-18)25-10-12-26-13-11-25/h2-9,14,24H,10-13,15H2,1H3. The van der Waals surface area contributed by atoms with Crippen LogP contribution < -0.4 is 10.2 Å². The van der Waals surface area contributed by atoms with E-state index in [0.717, 1.165) is 53.5 Å². The highest BCUT2D eigenvalue weighted by Gasteiger charge is 2.11. The van der Waals surface area contributed by atoms with Gasteiger partial charge in [0.25, 0.3) is 0 Å². The van der Waals surface area contributed by atoms with Gasteiger partial charge in [0, 0.05) is 34.5 Å². The predicted octanol–water partition coefficient (Wildman–Crippen LogP) is 5.47. The maximum Gasteiger partial charge on any atom is 0.134 e. The van der Waals surface area contributed by atoms with E-state index in [4.69, 9.17) is 9.15 Å². The summed E-state index contributed by atoms with van der Waals surface area (Å²) >= 11 is 3.51. The first-order valence-corrected chi connectivity index (χ1v) is 10.0. The molecule has 0 atom stereocenters. The van der Waals surface area contributed by atoms with E-state index in [9.17, 15) is 0 Å². The first-order chi connectivity index (χ1) is 13.2. The molecule has 2 heterocycles. The number of benzene rings is 2. The van der Waals surface area contributed by atoms with Gasteiger partial charge >= 0.3 is 0 Å². The zero-order valence-electron chi connectivity index (χ0n) is 15.4. The lowest BCUT2D eigenvalue weighted by atomic mass is 10.1. The number of nitrogens with zero attached hydrogens (tertiary/aromatic N) is 1. The van der Waals surface area contributed by atoms with E-state index in [0.29, 0.717) is 6.54 Å². The molecule has 27 heavy (non-hydrogen) atoms. The normalized spacial score (nSPS) is 14.4. The van der Waals surface area contributed by atoms with E-state index in [1.165, 1.54) is 11.3 Å². The van der Waals surface area contributed by atoms with E-state index in [1.807, 2.05) is 18.2 Å². The van der Waals surface area contributed by atoms with Crippen molar-refractivity contribution in [1.29, 1.82) is 0 Å². The number of morpholine rings is 1. The summed E-state index contributed by atoms with van der Waals surface area (Å²) in [7, 11) is 0. The molecule has 0 bridgehead atoms. The van der Waals surface area contributed by atoms with Crippen LogP contribution in [0.1, 0.15) is 11.3 Å². The van der Waals surface area contributed by atoms with Crippen molar-refractivity contribution >= 4 is 27.3 Å². The first-order valence-electron chi connectivity index (χ1n) is 9.21. The summed E-state index contributed by atoms with van der Waals surface area (Å²) in [6.45, 7) is 6.27. The van der Waals surface area contributed by atoms with Crippen LogP contribution in [0, 0.1) is 6.92 Å². The average Bonchev–Trinajstić information content (AvgIpc) is 3.16. The molecule has 0 amide bonds. The molecular weight excluding hydrogens is 404 g/mol. The molecule has 1 aliphatic heterocycles. The second-order valence-electron chi connectivity index (χ2n) is 6.73. The van der Waals surface area contributed by atoms with Crippen LogP contribution in [0.3, 0.4) is 0 Å². The average molecular weight is 427 g/mol. The SMILES string of the molecule is Cc1cc(Br)ccc1-c1ccc(CNc2ccc(N3CCOCC3)cc2)o1. The Hall–Kier alpha value is -2.24. The lowest BCUT2D eigenvalue weighted by Gasteiger charge is -2.28. The molecule has 1 aliphatic rings. The van der Waals surface area contributed by atoms with Crippen molar-refractivity contribution in [3.8, 4) is 11.3 Å². The number of furan rings is 1. The monoisotopic (exact) mass is 426 g/mol. The number of halogens is 1. The van der Waals surface area contributed by atoms with Gasteiger partial charge in [-0.2, -0.15) is 0 Å². The molecule has 3 aromatic rings. The van der Waals surface area contributed by atoms with E-state index in [-0.39, 0.29) is 0 Å². The highest BCUT2D eigenvalue weighted by Crippen LogP contribution is 2.28. The Morgan fingerprint density at radius 1 is 1.00 bits per heavy atom. The van der Waals surface area contributed by atoms with Crippen LogP contribution in [0.25, 0.3) is 11.3 Å². The summed E-state index contributed by atoms with van der Waals surface area (Å²) in [5.41, 5.74) is 4.65. The summed E-state index contributed by atoms with van der Waals surface area (Å²) in [5.74, 6) is 1.82. The Kier molecular flexibility index (Phi) is 5.50. The fourth-order valence-electron chi connectivity index (χ4n) is 3.32. The quantitative estimate of drug-likeness (QED) is 0.586. The topological polar surface area (TPSA) is 37.6 Å². The van der Waals surface area contributed by atoms with Gasteiger partial charge < -0.3 is 19.4 Å². The first kappa shape index (κ1) is 18.1. The molecule has 1 fully saturated rings. The van der Waals surface area contributed by atoms with Crippen molar-refractivity contribution in [2.24, 2.45) is 0 Å². The van der Waals surface area contributed by atoms with Crippen LogP contribution in [0.4, 0.5) is 11.4 Å². The largest absolute Gasteiger partial charge is 0.459 e. The van der Waals surface area contributed by atoms with Crippen molar-refractivity contribution in [3.63, 3.8) is 0 Å². The van der Waals surface area contributed by atoms with Crippen LogP contribution in [0.2, 0.25) is 0 Å². The third-order valence-electron chi connectivity index (χ3n) is 4.83. The molecule has 1 aromatic heterocycles. The van der Waals surface area contributed by atoms with E-state index >= 15 is 0 Å². The van der Waals surface area contributed by atoms with Gasteiger partial charge in [-0.3, -0.25) is 0 Å². The zero-order chi connectivity index (χ0) is 18.6. The second-order valence-corrected chi connectivity index (χ2v) is 7.64. The van der Waals surface area contributed by atoms with Crippen molar-refractivity contribution in [3.05, 3.63) is 70.4 Å². The van der Waals surface area contributed by atoms with Gasteiger partial charge in [-0.15, -0.1) is 0 Å². The van der Waals surface area contributed by atoms with Crippen molar-refractivity contribution in [2.45, 2.75) is 13.5 Å². The third-order valence-corrected chi connectivity index (χ3v) is 5.32. The summed E-state index contributed by atoms with van der Waals surface area (Å²) in [6, 6.07) is 18.9. The van der Waals surface area contributed by atoms with Gasteiger partial charge in [-0.05, 0) is 67.1 Å². The van der Waals surface area contributed by atoms with Crippen LogP contribution in [0.15, 0.2) is 63.5 Å².